The Kier molecular flexibility index (Phi) is 3.36. The molecule has 0 fully saturated rings. The zero-order valence-electron chi connectivity index (χ0n) is 8.25. The van der Waals surface area contributed by atoms with Crippen LogP contribution in [0.2, 0.25) is 0 Å². The van der Waals surface area contributed by atoms with Crippen molar-refractivity contribution >= 4 is 5.78 Å². The number of aliphatic hydroxyl groups is 1. The van der Waals surface area contributed by atoms with E-state index in [1.165, 1.54) is 18.2 Å². The molecule has 0 saturated carbocycles. The number of halogens is 1. The molecule has 0 aliphatic rings. The van der Waals surface area contributed by atoms with E-state index in [-0.39, 0.29) is 23.9 Å². The van der Waals surface area contributed by atoms with Crippen molar-refractivity contribution in [2.75, 3.05) is 0 Å². The smallest absolute Gasteiger partial charge is 0.165 e. The first-order valence-electron chi connectivity index (χ1n) is 4.49. The van der Waals surface area contributed by atoms with Crippen LogP contribution in [-0.4, -0.2) is 10.9 Å². The van der Waals surface area contributed by atoms with E-state index in [4.69, 9.17) is 5.11 Å². The Bertz CT molecular complexity index is 345. The van der Waals surface area contributed by atoms with Crippen LogP contribution in [0.25, 0.3) is 0 Å². The zero-order valence-corrected chi connectivity index (χ0v) is 8.25. The highest BCUT2D eigenvalue weighted by molar-refractivity contribution is 5.97. The van der Waals surface area contributed by atoms with Crippen LogP contribution < -0.4 is 0 Å². The van der Waals surface area contributed by atoms with E-state index >= 15 is 0 Å². The summed E-state index contributed by atoms with van der Waals surface area (Å²) in [6.07, 6.45) is 0. The second-order valence-electron chi connectivity index (χ2n) is 3.48. The molecule has 0 unspecified atom stereocenters. The first-order chi connectivity index (χ1) is 6.56. The normalized spacial score (nSPS) is 10.6. The first kappa shape index (κ1) is 10.9. The number of hydrogen-bond acceptors (Lipinski definition) is 2. The minimum Gasteiger partial charge on any atom is -0.392 e. The summed E-state index contributed by atoms with van der Waals surface area (Å²) in [7, 11) is 0. The summed E-state index contributed by atoms with van der Waals surface area (Å²) < 4.78 is 13.2. The van der Waals surface area contributed by atoms with Crippen molar-refractivity contribution in [1.82, 2.24) is 0 Å². The van der Waals surface area contributed by atoms with Crippen LogP contribution >= 0.6 is 0 Å². The summed E-state index contributed by atoms with van der Waals surface area (Å²) in [6, 6.07) is 4.15. The van der Waals surface area contributed by atoms with Gasteiger partial charge in [0.05, 0.1) is 6.61 Å². The van der Waals surface area contributed by atoms with Gasteiger partial charge in [0, 0.05) is 17.0 Å². The van der Waals surface area contributed by atoms with E-state index in [0.717, 1.165) is 0 Å². The molecular formula is C11H13FO2. The molecular weight excluding hydrogens is 183 g/mol. The molecule has 0 aromatic heterocycles. The largest absolute Gasteiger partial charge is 0.392 e. The Morgan fingerprint density at radius 3 is 2.57 bits per heavy atom. The maximum absolute atomic E-state index is 13.2. The summed E-state index contributed by atoms with van der Waals surface area (Å²) in [6.45, 7) is 3.18. The van der Waals surface area contributed by atoms with Crippen LogP contribution in [-0.2, 0) is 6.61 Å². The lowest BCUT2D eigenvalue weighted by Gasteiger charge is -2.05. The highest BCUT2D eigenvalue weighted by atomic mass is 19.1. The van der Waals surface area contributed by atoms with Gasteiger partial charge in [0.25, 0.3) is 0 Å². The Hall–Kier alpha value is -1.22. The van der Waals surface area contributed by atoms with Gasteiger partial charge in [-0.3, -0.25) is 4.79 Å². The number of carbonyl (C=O) groups is 1. The van der Waals surface area contributed by atoms with Gasteiger partial charge in [-0.2, -0.15) is 0 Å². The topological polar surface area (TPSA) is 37.3 Å². The zero-order chi connectivity index (χ0) is 10.7. The minimum absolute atomic E-state index is 0.0895. The van der Waals surface area contributed by atoms with Crippen LogP contribution in [0.15, 0.2) is 18.2 Å². The molecule has 76 valence electrons. The molecule has 0 radical (unpaired) electrons. The average molecular weight is 196 g/mol. The maximum Gasteiger partial charge on any atom is 0.165 e. The molecule has 0 aliphatic heterocycles. The molecule has 14 heavy (non-hydrogen) atoms. The lowest BCUT2D eigenvalue weighted by Crippen LogP contribution is -2.08. The highest BCUT2D eigenvalue weighted by Crippen LogP contribution is 2.13. The number of rotatable bonds is 3. The Morgan fingerprint density at radius 2 is 2.14 bits per heavy atom. The number of carbonyl (C=O) groups excluding carboxylic acids is 1. The van der Waals surface area contributed by atoms with E-state index in [1.807, 2.05) is 0 Å². The fraction of sp³-hybridized carbons (Fsp3) is 0.364. The van der Waals surface area contributed by atoms with Gasteiger partial charge >= 0.3 is 0 Å². The molecule has 1 rings (SSSR count). The number of hydrogen-bond donors (Lipinski definition) is 1. The molecule has 0 bridgehead atoms. The SMILES string of the molecule is CC(C)C(=O)c1ccc(CO)c(F)c1. The Balaban J connectivity index is 3.03. The predicted octanol–water partition coefficient (Wildman–Crippen LogP) is 2.16. The number of ketones is 1. The standard InChI is InChI=1S/C11H13FO2/c1-7(2)11(14)8-3-4-9(6-13)10(12)5-8/h3-5,7,13H,6H2,1-2H3. The fourth-order valence-electron chi connectivity index (χ4n) is 1.16. The lowest BCUT2D eigenvalue weighted by atomic mass is 10.00. The molecule has 0 spiro atoms. The number of Topliss-reactive ketones (excluding diaryl/α,β-unsaturated/α-hetero) is 1. The van der Waals surface area contributed by atoms with Crippen LogP contribution in [0.5, 0.6) is 0 Å². The van der Waals surface area contributed by atoms with E-state index in [2.05, 4.69) is 0 Å². The molecule has 2 nitrogen and oxygen atoms in total. The third kappa shape index (κ3) is 2.17. The van der Waals surface area contributed by atoms with Crippen molar-refractivity contribution in [3.63, 3.8) is 0 Å². The number of aliphatic hydroxyl groups excluding tert-OH is 1. The molecule has 0 heterocycles. The van der Waals surface area contributed by atoms with Gasteiger partial charge in [-0.15, -0.1) is 0 Å². The van der Waals surface area contributed by atoms with Gasteiger partial charge in [-0.1, -0.05) is 26.0 Å². The summed E-state index contributed by atoms with van der Waals surface area (Å²) in [4.78, 5) is 11.5. The van der Waals surface area contributed by atoms with Gasteiger partial charge in [0.1, 0.15) is 5.82 Å². The van der Waals surface area contributed by atoms with Gasteiger partial charge < -0.3 is 5.11 Å². The molecule has 0 saturated heterocycles. The van der Waals surface area contributed by atoms with Crippen molar-refractivity contribution in [2.24, 2.45) is 5.92 Å². The molecule has 0 aliphatic carbocycles. The third-order valence-corrected chi connectivity index (χ3v) is 2.03. The summed E-state index contributed by atoms with van der Waals surface area (Å²) in [5.74, 6) is -0.762. The lowest BCUT2D eigenvalue weighted by molar-refractivity contribution is 0.0939. The van der Waals surface area contributed by atoms with E-state index in [1.54, 1.807) is 13.8 Å². The second kappa shape index (κ2) is 4.33. The van der Waals surface area contributed by atoms with Crippen molar-refractivity contribution in [1.29, 1.82) is 0 Å². The van der Waals surface area contributed by atoms with Crippen LogP contribution in [0.1, 0.15) is 29.8 Å². The summed E-state index contributed by atoms with van der Waals surface area (Å²) >= 11 is 0. The van der Waals surface area contributed by atoms with Gasteiger partial charge in [0.15, 0.2) is 5.78 Å². The molecule has 1 aromatic carbocycles. The van der Waals surface area contributed by atoms with Crippen LogP contribution in [0, 0.1) is 11.7 Å². The Labute approximate surface area is 82.4 Å². The molecule has 0 amide bonds. The summed E-state index contributed by atoms with van der Waals surface area (Å²) in [5, 5.41) is 8.73. The van der Waals surface area contributed by atoms with Crippen LogP contribution in [0.4, 0.5) is 4.39 Å². The van der Waals surface area contributed by atoms with Crippen molar-refractivity contribution in [3.05, 3.63) is 35.1 Å². The molecule has 3 heteroatoms. The van der Waals surface area contributed by atoms with Crippen LogP contribution in [0.3, 0.4) is 0 Å². The van der Waals surface area contributed by atoms with Crippen molar-refractivity contribution < 1.29 is 14.3 Å². The van der Waals surface area contributed by atoms with E-state index in [9.17, 15) is 9.18 Å². The Morgan fingerprint density at radius 1 is 1.50 bits per heavy atom. The quantitative estimate of drug-likeness (QED) is 0.752. The highest BCUT2D eigenvalue weighted by Gasteiger charge is 2.12. The minimum atomic E-state index is -0.529. The first-order valence-corrected chi connectivity index (χ1v) is 4.49. The maximum atomic E-state index is 13.2. The molecule has 0 atom stereocenters. The fourth-order valence-corrected chi connectivity index (χ4v) is 1.16. The summed E-state index contributed by atoms with van der Waals surface area (Å²) in [5.41, 5.74) is 0.569. The van der Waals surface area contributed by atoms with Gasteiger partial charge in [-0.25, -0.2) is 4.39 Å². The van der Waals surface area contributed by atoms with Crippen molar-refractivity contribution in [3.8, 4) is 0 Å². The van der Waals surface area contributed by atoms with E-state index in [0.29, 0.717) is 5.56 Å². The van der Waals surface area contributed by atoms with Gasteiger partial charge in [0.2, 0.25) is 0 Å². The second-order valence-corrected chi connectivity index (χ2v) is 3.48. The monoisotopic (exact) mass is 196 g/mol. The van der Waals surface area contributed by atoms with E-state index < -0.39 is 5.82 Å². The average Bonchev–Trinajstić information content (AvgIpc) is 2.16. The molecule has 1 N–H and O–H groups in total. The number of benzene rings is 1. The third-order valence-electron chi connectivity index (χ3n) is 2.03. The van der Waals surface area contributed by atoms with Crippen molar-refractivity contribution in [2.45, 2.75) is 20.5 Å². The predicted molar refractivity (Wildman–Crippen MR) is 51.5 cm³/mol. The van der Waals surface area contributed by atoms with Gasteiger partial charge in [-0.05, 0) is 6.07 Å². The molecule has 1 aromatic rings.